The number of hydrogen-bond acceptors (Lipinski definition) is 12. The first kappa shape index (κ1) is 48.6. The van der Waals surface area contributed by atoms with E-state index in [1.165, 1.54) is 12.1 Å². The summed E-state index contributed by atoms with van der Waals surface area (Å²) in [7, 11) is 0. The second kappa shape index (κ2) is 22.2. The number of alkyl carbamates (subject to hydrolysis) is 4. The molecule has 55 heavy (non-hydrogen) atoms. The van der Waals surface area contributed by atoms with Gasteiger partial charge in [0.15, 0.2) is 0 Å². The standard InChI is InChI=1S/C38H67N7O10/c1-35(2,3)52-31(46)39-17-21-43(22-18-40-32(47)53-36(4,5)6)26-29(25-28-13-15-30(16-14-28)45(50)51)27-44(23-19-41-33(48)54-37(7,8)9)24-20-42-34(49)55-38(10,11)12/h13-16,29H,17-27H2,1-12H3,(H,39,46)(H,40,47)(H,41,48)(H,42,49). The molecular formula is C38H67N7O10. The summed E-state index contributed by atoms with van der Waals surface area (Å²) in [6.07, 6.45) is -1.69. The zero-order valence-electron chi connectivity index (χ0n) is 35.1. The van der Waals surface area contributed by atoms with E-state index in [0.29, 0.717) is 45.7 Å². The molecule has 1 aromatic carbocycles. The number of nitrogens with one attached hydrogen (secondary N) is 4. The SMILES string of the molecule is CC(C)(C)OC(=O)NCCN(CCNC(=O)OC(C)(C)C)CC(Cc1ccc([N+](=O)[O-])cc1)CN(CCNC(=O)OC(C)(C)C)CCNC(=O)OC(C)(C)C. The van der Waals surface area contributed by atoms with Gasteiger partial charge < -0.3 is 40.2 Å². The first-order chi connectivity index (χ1) is 25.2. The maximum atomic E-state index is 12.5. The third-order valence-electron chi connectivity index (χ3n) is 7.09. The number of nitro benzene ring substituents is 1. The summed E-state index contributed by atoms with van der Waals surface area (Å²) >= 11 is 0. The van der Waals surface area contributed by atoms with Crippen molar-refractivity contribution in [2.24, 2.45) is 5.92 Å². The van der Waals surface area contributed by atoms with Gasteiger partial charge in [0.25, 0.3) is 5.69 Å². The lowest BCUT2D eigenvalue weighted by atomic mass is 9.97. The lowest BCUT2D eigenvalue weighted by Gasteiger charge is -2.32. The van der Waals surface area contributed by atoms with Crippen LogP contribution >= 0.6 is 0 Å². The number of non-ortho nitro benzene ring substituents is 1. The van der Waals surface area contributed by atoms with E-state index in [1.54, 1.807) is 95.2 Å². The second-order valence-electron chi connectivity index (χ2n) is 17.3. The fourth-order valence-corrected chi connectivity index (χ4v) is 5.11. The molecule has 0 atom stereocenters. The molecule has 4 N–H and O–H groups in total. The Morgan fingerprint density at radius 1 is 0.564 bits per heavy atom. The summed E-state index contributed by atoms with van der Waals surface area (Å²) in [6, 6.07) is 6.38. The van der Waals surface area contributed by atoms with E-state index in [0.717, 1.165) is 5.56 Å². The minimum Gasteiger partial charge on any atom is -0.444 e. The fraction of sp³-hybridized carbons (Fsp3) is 0.737. The number of carbonyl (C=O) groups is 4. The quantitative estimate of drug-likeness (QED) is 0.0786. The molecule has 0 bridgehead atoms. The zero-order valence-corrected chi connectivity index (χ0v) is 35.1. The van der Waals surface area contributed by atoms with E-state index >= 15 is 0 Å². The molecule has 0 aliphatic carbocycles. The zero-order chi connectivity index (χ0) is 42.0. The van der Waals surface area contributed by atoms with E-state index in [2.05, 4.69) is 31.1 Å². The first-order valence-electron chi connectivity index (χ1n) is 18.7. The Morgan fingerprint density at radius 2 is 0.836 bits per heavy atom. The molecule has 17 heteroatoms. The van der Waals surface area contributed by atoms with Crippen LogP contribution in [0.2, 0.25) is 0 Å². The van der Waals surface area contributed by atoms with Gasteiger partial charge in [-0.15, -0.1) is 0 Å². The molecule has 0 aliphatic heterocycles. The minimum atomic E-state index is -0.670. The second-order valence-corrected chi connectivity index (χ2v) is 17.3. The number of carbonyl (C=O) groups excluding carboxylic acids is 4. The number of nitrogens with zero attached hydrogens (tertiary/aromatic N) is 3. The highest BCUT2D eigenvalue weighted by Crippen LogP contribution is 2.18. The molecule has 1 rings (SSSR count). The summed E-state index contributed by atoms with van der Waals surface area (Å²) in [5, 5.41) is 22.5. The minimum absolute atomic E-state index is 0.0218. The van der Waals surface area contributed by atoms with Crippen molar-refractivity contribution in [2.45, 2.75) is 112 Å². The molecule has 0 aliphatic rings. The fourth-order valence-electron chi connectivity index (χ4n) is 5.11. The molecule has 0 aromatic heterocycles. The van der Waals surface area contributed by atoms with Crippen LogP contribution in [0.15, 0.2) is 24.3 Å². The van der Waals surface area contributed by atoms with Gasteiger partial charge in [0.1, 0.15) is 22.4 Å². The van der Waals surface area contributed by atoms with Gasteiger partial charge in [0.05, 0.1) is 4.92 Å². The third kappa shape index (κ3) is 26.1. The van der Waals surface area contributed by atoms with Gasteiger partial charge >= 0.3 is 24.4 Å². The molecule has 0 spiro atoms. The highest BCUT2D eigenvalue weighted by atomic mass is 16.6. The topological polar surface area (TPSA) is 203 Å². The summed E-state index contributed by atoms with van der Waals surface area (Å²) in [5.41, 5.74) is -1.83. The molecular weight excluding hydrogens is 714 g/mol. The van der Waals surface area contributed by atoms with Gasteiger partial charge in [0.2, 0.25) is 0 Å². The van der Waals surface area contributed by atoms with Crippen molar-refractivity contribution in [1.82, 2.24) is 31.1 Å². The highest BCUT2D eigenvalue weighted by molar-refractivity contribution is 5.68. The third-order valence-corrected chi connectivity index (χ3v) is 7.09. The maximum absolute atomic E-state index is 12.5. The van der Waals surface area contributed by atoms with E-state index in [1.807, 2.05) is 0 Å². The van der Waals surface area contributed by atoms with E-state index in [4.69, 9.17) is 18.9 Å². The van der Waals surface area contributed by atoms with Crippen molar-refractivity contribution in [3.63, 3.8) is 0 Å². The van der Waals surface area contributed by atoms with E-state index < -0.39 is 51.7 Å². The average molecular weight is 782 g/mol. The molecule has 0 saturated carbocycles. The predicted octanol–water partition coefficient (Wildman–Crippen LogP) is 5.46. The smallest absolute Gasteiger partial charge is 0.407 e. The van der Waals surface area contributed by atoms with Crippen LogP contribution in [0.3, 0.4) is 0 Å². The largest absolute Gasteiger partial charge is 0.444 e. The summed E-state index contributed by atoms with van der Waals surface area (Å²) in [6.45, 7) is 25.0. The number of nitro groups is 1. The molecule has 0 radical (unpaired) electrons. The van der Waals surface area contributed by atoms with Crippen LogP contribution in [0, 0.1) is 16.0 Å². The molecule has 17 nitrogen and oxygen atoms in total. The normalized spacial score (nSPS) is 12.3. The van der Waals surface area contributed by atoms with Crippen molar-refractivity contribution in [3.8, 4) is 0 Å². The van der Waals surface area contributed by atoms with Crippen molar-refractivity contribution >= 4 is 30.1 Å². The van der Waals surface area contributed by atoms with Gasteiger partial charge in [-0.2, -0.15) is 0 Å². The van der Waals surface area contributed by atoms with Crippen molar-refractivity contribution in [3.05, 3.63) is 39.9 Å². The average Bonchev–Trinajstić information content (AvgIpc) is 2.97. The van der Waals surface area contributed by atoms with Crippen LogP contribution in [0.4, 0.5) is 24.9 Å². The van der Waals surface area contributed by atoms with Crippen LogP contribution < -0.4 is 21.3 Å². The number of benzene rings is 1. The van der Waals surface area contributed by atoms with Gasteiger partial charge in [0, 0.05) is 77.6 Å². The molecule has 0 saturated heterocycles. The van der Waals surface area contributed by atoms with Gasteiger partial charge in [-0.25, -0.2) is 19.2 Å². The Labute approximate surface area is 327 Å². The summed E-state index contributed by atoms with van der Waals surface area (Å²) in [4.78, 5) is 64.9. The lowest BCUT2D eigenvalue weighted by Crippen LogP contribution is -2.47. The van der Waals surface area contributed by atoms with Gasteiger partial charge in [-0.1, -0.05) is 12.1 Å². The summed E-state index contributed by atoms with van der Waals surface area (Å²) < 4.78 is 21.6. The molecule has 4 amide bonds. The Balaban J connectivity index is 3.34. The van der Waals surface area contributed by atoms with E-state index in [9.17, 15) is 29.3 Å². The number of ether oxygens (including phenoxy) is 4. The van der Waals surface area contributed by atoms with Crippen LogP contribution in [-0.4, -0.2) is 127 Å². The number of rotatable bonds is 19. The van der Waals surface area contributed by atoms with Crippen molar-refractivity contribution < 1.29 is 43.0 Å². The molecule has 314 valence electrons. The number of amides is 4. The highest BCUT2D eigenvalue weighted by Gasteiger charge is 2.23. The van der Waals surface area contributed by atoms with Crippen LogP contribution in [0.1, 0.15) is 88.6 Å². The van der Waals surface area contributed by atoms with Crippen LogP contribution in [-0.2, 0) is 25.4 Å². The maximum Gasteiger partial charge on any atom is 0.407 e. The van der Waals surface area contributed by atoms with Gasteiger partial charge in [-0.3, -0.25) is 19.9 Å². The van der Waals surface area contributed by atoms with Crippen LogP contribution in [0.5, 0.6) is 0 Å². The summed E-state index contributed by atoms with van der Waals surface area (Å²) in [5.74, 6) is -0.104. The molecule has 0 fully saturated rings. The lowest BCUT2D eigenvalue weighted by molar-refractivity contribution is -0.384. The van der Waals surface area contributed by atoms with Crippen LogP contribution in [0.25, 0.3) is 0 Å². The monoisotopic (exact) mass is 781 g/mol. The Morgan fingerprint density at radius 3 is 1.07 bits per heavy atom. The molecule has 0 unspecified atom stereocenters. The molecule has 0 heterocycles. The van der Waals surface area contributed by atoms with Gasteiger partial charge in [-0.05, 0) is 101 Å². The predicted molar refractivity (Wildman–Crippen MR) is 210 cm³/mol. The first-order valence-corrected chi connectivity index (χ1v) is 18.7. The van der Waals surface area contributed by atoms with Crippen molar-refractivity contribution in [1.29, 1.82) is 0 Å². The molecule has 1 aromatic rings. The Kier molecular flexibility index (Phi) is 19.7. The Hall–Kier alpha value is -4.38. The number of hydrogen-bond donors (Lipinski definition) is 4. The van der Waals surface area contributed by atoms with Crippen molar-refractivity contribution in [2.75, 3.05) is 65.4 Å². The van der Waals surface area contributed by atoms with E-state index in [-0.39, 0.29) is 37.8 Å². The Bertz CT molecular complexity index is 1220.